The van der Waals surface area contributed by atoms with Crippen molar-refractivity contribution in [2.75, 3.05) is 11.4 Å². The van der Waals surface area contributed by atoms with Crippen LogP contribution in [0.3, 0.4) is 0 Å². The normalized spacial score (nSPS) is 13.8. The van der Waals surface area contributed by atoms with E-state index < -0.39 is 16.7 Å². The van der Waals surface area contributed by atoms with E-state index in [9.17, 15) is 9.59 Å². The van der Waals surface area contributed by atoms with Crippen LogP contribution in [0, 0.1) is 0 Å². The van der Waals surface area contributed by atoms with E-state index in [1.165, 1.54) is 16.2 Å². The minimum Gasteiger partial charge on any atom is -0.421 e. The van der Waals surface area contributed by atoms with Crippen molar-refractivity contribution in [2.24, 2.45) is 0 Å². The largest absolute Gasteiger partial charge is 0.421 e. The quantitative estimate of drug-likeness (QED) is 0.423. The Morgan fingerprint density at radius 1 is 1.25 bits per heavy atom. The fourth-order valence-corrected chi connectivity index (χ4v) is 3.73. The fourth-order valence-electron chi connectivity index (χ4n) is 2.58. The molecular weight excluding hydrogens is 393 g/mol. The van der Waals surface area contributed by atoms with Crippen molar-refractivity contribution in [3.63, 3.8) is 0 Å². The monoisotopic (exact) mass is 403 g/mol. The van der Waals surface area contributed by atoms with Gasteiger partial charge in [-0.1, -0.05) is 34.8 Å². The minimum atomic E-state index is -1.13. The number of hydrogen-bond donors (Lipinski definition) is 0. The van der Waals surface area contributed by atoms with Gasteiger partial charge < -0.3 is 9.64 Å². The maximum Gasteiger partial charge on any atom is 0.344 e. The van der Waals surface area contributed by atoms with Gasteiger partial charge in [0.25, 0.3) is 5.91 Å². The second kappa shape index (κ2) is 7.31. The van der Waals surface area contributed by atoms with Gasteiger partial charge in [0, 0.05) is 17.6 Å². The summed E-state index contributed by atoms with van der Waals surface area (Å²) in [6, 6.07) is 4.96. The van der Waals surface area contributed by atoms with Gasteiger partial charge in [0.1, 0.15) is 5.75 Å². The molecule has 1 aromatic heterocycles. The summed E-state index contributed by atoms with van der Waals surface area (Å²) < 4.78 is 5.38. The molecule has 0 fully saturated rings. The molecule has 0 aliphatic carbocycles. The van der Waals surface area contributed by atoms with Gasteiger partial charge in [-0.05, 0) is 42.0 Å². The van der Waals surface area contributed by atoms with Crippen molar-refractivity contribution in [3.8, 4) is 5.75 Å². The lowest BCUT2D eigenvalue weighted by Gasteiger charge is -2.30. The fraction of sp³-hybridized carbons (Fsp3) is 0.250. The number of carbonyl (C=O) groups is 2. The lowest BCUT2D eigenvalue weighted by molar-refractivity contribution is -0.117. The topological polar surface area (TPSA) is 46.6 Å². The molecule has 1 aromatic carbocycles. The number of ether oxygens (including phenoxy) is 1. The van der Waals surface area contributed by atoms with Crippen molar-refractivity contribution in [3.05, 3.63) is 45.1 Å². The average Bonchev–Trinajstić information content (AvgIpc) is 3.11. The second-order valence-electron chi connectivity index (χ2n) is 5.17. The van der Waals surface area contributed by atoms with Crippen molar-refractivity contribution < 1.29 is 14.3 Å². The first-order valence-electron chi connectivity index (χ1n) is 7.14. The van der Waals surface area contributed by atoms with E-state index in [1.807, 2.05) is 0 Å². The highest BCUT2D eigenvalue weighted by Crippen LogP contribution is 2.39. The Hall–Kier alpha value is -1.27. The molecule has 1 amide bonds. The summed E-state index contributed by atoms with van der Waals surface area (Å²) in [5.74, 6) is -0.587. The van der Waals surface area contributed by atoms with Crippen LogP contribution >= 0.6 is 46.1 Å². The zero-order chi connectivity index (χ0) is 17.3. The van der Waals surface area contributed by atoms with Crippen LogP contribution in [0.4, 0.5) is 5.69 Å². The van der Waals surface area contributed by atoms with Gasteiger partial charge in [0.15, 0.2) is 4.84 Å². The average molecular weight is 405 g/mol. The van der Waals surface area contributed by atoms with Crippen LogP contribution in [-0.4, -0.2) is 23.3 Å². The number of anilines is 1. The Labute approximate surface area is 157 Å². The highest BCUT2D eigenvalue weighted by molar-refractivity contribution is 7.08. The summed E-state index contributed by atoms with van der Waals surface area (Å²) >= 11 is 19.2. The molecule has 1 aliphatic heterocycles. The molecule has 0 atom stereocenters. The van der Waals surface area contributed by atoms with Gasteiger partial charge >= 0.3 is 5.97 Å². The number of carbonyl (C=O) groups excluding carboxylic acids is 2. The summed E-state index contributed by atoms with van der Waals surface area (Å²) in [6.45, 7) is 0.520. The summed E-state index contributed by atoms with van der Waals surface area (Å²) in [4.78, 5) is 24.6. The van der Waals surface area contributed by atoms with Gasteiger partial charge in [-0.3, -0.25) is 4.79 Å². The molecule has 0 saturated heterocycles. The number of amides is 1. The third-order valence-corrected chi connectivity index (χ3v) is 5.17. The van der Waals surface area contributed by atoms with Crippen LogP contribution in [0.1, 0.15) is 22.3 Å². The highest BCUT2D eigenvalue weighted by Gasteiger charge is 2.29. The van der Waals surface area contributed by atoms with E-state index in [0.29, 0.717) is 29.2 Å². The zero-order valence-corrected chi connectivity index (χ0v) is 15.4. The van der Waals surface area contributed by atoms with Crippen molar-refractivity contribution in [2.45, 2.75) is 17.7 Å². The molecule has 0 saturated carbocycles. The Balaban J connectivity index is 1.90. The van der Waals surface area contributed by atoms with Gasteiger partial charge in [-0.2, -0.15) is 11.3 Å². The third-order valence-electron chi connectivity index (χ3n) is 3.69. The first kappa shape index (κ1) is 17.5. The van der Waals surface area contributed by atoms with E-state index in [1.54, 1.807) is 29.0 Å². The number of halogens is 3. The van der Waals surface area contributed by atoms with Crippen LogP contribution < -0.4 is 9.64 Å². The Kier molecular flexibility index (Phi) is 5.35. The van der Waals surface area contributed by atoms with Crippen LogP contribution in [0.2, 0.25) is 5.02 Å². The molecule has 0 N–H and O–H groups in total. The molecule has 24 heavy (non-hydrogen) atoms. The predicted molar refractivity (Wildman–Crippen MR) is 96.9 cm³/mol. The minimum absolute atomic E-state index is 0.272. The Bertz CT molecular complexity index is 777. The van der Waals surface area contributed by atoms with Gasteiger partial charge in [0.05, 0.1) is 10.6 Å². The van der Waals surface area contributed by atoms with E-state index in [0.717, 1.165) is 12.0 Å². The van der Waals surface area contributed by atoms with E-state index in [4.69, 9.17) is 39.5 Å². The molecule has 0 bridgehead atoms. The van der Waals surface area contributed by atoms with Crippen LogP contribution in [-0.2, 0) is 11.2 Å². The number of esters is 1. The first-order valence-corrected chi connectivity index (χ1v) is 9.33. The van der Waals surface area contributed by atoms with E-state index in [2.05, 4.69) is 0 Å². The molecule has 0 spiro atoms. The summed E-state index contributed by atoms with van der Waals surface area (Å²) in [5, 5.41) is 3.83. The maximum atomic E-state index is 12.1. The molecular formula is C16H12Cl3NO3S. The van der Waals surface area contributed by atoms with Gasteiger partial charge in [-0.25, -0.2) is 4.79 Å². The predicted octanol–water partition coefficient (Wildman–Crippen LogP) is 4.70. The molecule has 126 valence electrons. The third kappa shape index (κ3) is 3.40. The van der Waals surface area contributed by atoms with Gasteiger partial charge in [0.2, 0.25) is 0 Å². The maximum absolute atomic E-state index is 12.1. The number of hydrogen-bond acceptors (Lipinski definition) is 4. The number of thiophene rings is 1. The van der Waals surface area contributed by atoms with Crippen LogP contribution in [0.25, 0.3) is 0 Å². The van der Waals surface area contributed by atoms with Crippen molar-refractivity contribution >= 4 is 63.7 Å². The molecule has 2 aromatic rings. The number of benzene rings is 1. The Morgan fingerprint density at radius 3 is 2.71 bits per heavy atom. The summed E-state index contributed by atoms with van der Waals surface area (Å²) in [7, 11) is 0. The number of fused-ring (bicyclic) bond motifs is 1. The zero-order valence-electron chi connectivity index (χ0n) is 12.3. The molecule has 0 radical (unpaired) electrons. The van der Waals surface area contributed by atoms with E-state index >= 15 is 0 Å². The Morgan fingerprint density at radius 2 is 2.04 bits per heavy atom. The smallest absolute Gasteiger partial charge is 0.344 e. The number of nitrogens with zero attached hydrogens (tertiary/aromatic N) is 1. The number of rotatable bonds is 3. The molecule has 4 nitrogen and oxygen atoms in total. The summed E-state index contributed by atoms with van der Waals surface area (Å²) in [6.07, 6.45) is 1.40. The van der Waals surface area contributed by atoms with Crippen molar-refractivity contribution in [1.82, 2.24) is 0 Å². The summed E-state index contributed by atoms with van der Waals surface area (Å²) in [5.41, 5.74) is 1.87. The molecule has 2 heterocycles. The first-order chi connectivity index (χ1) is 11.5. The molecule has 1 aliphatic rings. The van der Waals surface area contributed by atoms with Crippen LogP contribution in [0.15, 0.2) is 29.0 Å². The lowest BCUT2D eigenvalue weighted by atomic mass is 10.0. The van der Waals surface area contributed by atoms with Gasteiger partial charge in [-0.15, -0.1) is 0 Å². The molecule has 0 unspecified atom stereocenters. The molecule has 8 heteroatoms. The SMILES string of the molecule is O=C(Oc1ccc2c(c1Cl)CCCN2C(=O)C(Cl)Cl)c1ccsc1. The van der Waals surface area contributed by atoms with E-state index in [-0.39, 0.29) is 5.75 Å². The standard InChI is InChI=1S/C16H12Cl3NO3S/c17-13-10-2-1-6-20(15(21)14(18)19)11(10)3-4-12(13)23-16(22)9-5-7-24-8-9/h3-5,7-8,14H,1-2,6H2. The second-order valence-corrected chi connectivity index (χ2v) is 7.43. The molecule has 3 rings (SSSR count). The highest BCUT2D eigenvalue weighted by atomic mass is 35.5. The van der Waals surface area contributed by atoms with Crippen molar-refractivity contribution in [1.29, 1.82) is 0 Å². The number of alkyl halides is 2. The van der Waals surface area contributed by atoms with Crippen LogP contribution in [0.5, 0.6) is 5.75 Å². The lowest BCUT2D eigenvalue weighted by Crippen LogP contribution is -2.38.